The van der Waals surface area contributed by atoms with Crippen LogP contribution >= 0.6 is 7.82 Å². The van der Waals surface area contributed by atoms with E-state index in [4.69, 9.17) is 19.5 Å². The van der Waals surface area contributed by atoms with Gasteiger partial charge in [-0.2, -0.15) is 0 Å². The average Bonchev–Trinajstić information content (AvgIpc) is 2.88. The first-order chi connectivity index (χ1) is 18.3. The van der Waals surface area contributed by atoms with Gasteiger partial charge in [0.15, 0.2) is 0 Å². The van der Waals surface area contributed by atoms with Gasteiger partial charge >= 0.3 is 7.82 Å². The van der Waals surface area contributed by atoms with Crippen LogP contribution in [0.15, 0.2) is 24.3 Å². The molecule has 0 aromatic heterocycles. The Morgan fingerprint density at radius 2 is 1.63 bits per heavy atom. The van der Waals surface area contributed by atoms with Crippen molar-refractivity contribution in [1.82, 2.24) is 0 Å². The molecule has 1 aromatic carbocycles. The van der Waals surface area contributed by atoms with Crippen LogP contribution in [0.1, 0.15) is 116 Å². The molecule has 0 aliphatic heterocycles. The van der Waals surface area contributed by atoms with E-state index < -0.39 is 13.9 Å². The number of phosphoric ester groups is 1. The van der Waals surface area contributed by atoms with E-state index in [9.17, 15) is 14.3 Å². The summed E-state index contributed by atoms with van der Waals surface area (Å²) in [5.41, 5.74) is 6.49. The fourth-order valence-corrected chi connectivity index (χ4v) is 5.47. The molecule has 0 aliphatic rings. The average molecular weight is 556 g/mol. The Morgan fingerprint density at radius 1 is 1.00 bits per heavy atom. The molecule has 8 heteroatoms. The van der Waals surface area contributed by atoms with E-state index in [1.807, 2.05) is 31.2 Å². The highest BCUT2D eigenvalue weighted by molar-refractivity contribution is 7.47. The van der Waals surface area contributed by atoms with Gasteiger partial charge in [0.1, 0.15) is 11.5 Å². The van der Waals surface area contributed by atoms with Crippen molar-refractivity contribution in [2.45, 2.75) is 123 Å². The molecule has 220 valence electrons. The Kier molecular flexibility index (Phi) is 19.7. The van der Waals surface area contributed by atoms with Crippen LogP contribution in [0.4, 0.5) is 0 Å². The highest BCUT2D eigenvalue weighted by atomic mass is 31.2. The summed E-state index contributed by atoms with van der Waals surface area (Å²) in [5.74, 6) is 0.661. The van der Waals surface area contributed by atoms with Crippen molar-refractivity contribution >= 4 is 13.6 Å². The molecule has 0 bridgehead atoms. The number of rotatable bonds is 25. The quantitative estimate of drug-likeness (QED) is 0.0937. The lowest BCUT2D eigenvalue weighted by molar-refractivity contribution is -0.120. The zero-order valence-electron chi connectivity index (χ0n) is 24.2. The van der Waals surface area contributed by atoms with Gasteiger partial charge in [0.25, 0.3) is 0 Å². The Morgan fingerprint density at radius 3 is 2.24 bits per heavy atom. The second-order valence-corrected chi connectivity index (χ2v) is 11.9. The van der Waals surface area contributed by atoms with Crippen LogP contribution in [0.2, 0.25) is 0 Å². The van der Waals surface area contributed by atoms with Crippen molar-refractivity contribution in [1.29, 1.82) is 0 Å². The van der Waals surface area contributed by atoms with Crippen LogP contribution in [0.5, 0.6) is 5.75 Å². The maximum absolute atomic E-state index is 12.3. The van der Waals surface area contributed by atoms with Crippen molar-refractivity contribution in [2.24, 2.45) is 11.7 Å². The first-order valence-corrected chi connectivity index (χ1v) is 16.4. The molecule has 0 saturated carbocycles. The number of unbranched alkanes of at least 4 members (excludes halogenated alkanes) is 10. The number of hydrogen-bond donors (Lipinski definition) is 2. The van der Waals surface area contributed by atoms with Crippen LogP contribution in [-0.2, 0) is 24.8 Å². The van der Waals surface area contributed by atoms with E-state index in [0.29, 0.717) is 32.4 Å². The minimum atomic E-state index is -4.23. The highest BCUT2D eigenvalue weighted by Gasteiger charge is 2.26. The lowest BCUT2D eigenvalue weighted by atomic mass is 9.94. The lowest BCUT2D eigenvalue weighted by Crippen LogP contribution is -2.18. The number of phosphoric acid groups is 1. The van der Waals surface area contributed by atoms with E-state index in [1.165, 1.54) is 64.2 Å². The Labute approximate surface area is 231 Å². The van der Waals surface area contributed by atoms with E-state index >= 15 is 0 Å². The molecule has 0 amide bonds. The predicted octanol–water partition coefficient (Wildman–Crippen LogP) is 7.78. The molecular formula is C30H54NO6P. The molecule has 3 unspecified atom stereocenters. The number of Topliss-reactive ketones (excluding diaryl/α,β-unsaturated/α-hetero) is 1. The molecule has 7 nitrogen and oxygen atoms in total. The number of hydrogen-bond acceptors (Lipinski definition) is 6. The van der Waals surface area contributed by atoms with Crippen LogP contribution in [0.3, 0.4) is 0 Å². The normalized spacial score (nSPS) is 14.7. The van der Waals surface area contributed by atoms with E-state index in [0.717, 1.165) is 17.7 Å². The van der Waals surface area contributed by atoms with Gasteiger partial charge < -0.3 is 15.4 Å². The third-order valence-corrected chi connectivity index (χ3v) is 7.81. The first kappa shape index (κ1) is 34.8. The van der Waals surface area contributed by atoms with Crippen LogP contribution in [-0.4, -0.2) is 36.5 Å². The first-order valence-electron chi connectivity index (χ1n) is 14.9. The smallest absolute Gasteiger partial charge is 0.472 e. The van der Waals surface area contributed by atoms with Gasteiger partial charge in [0.2, 0.25) is 0 Å². The van der Waals surface area contributed by atoms with Gasteiger partial charge in [-0.15, -0.1) is 0 Å². The molecule has 1 rings (SSSR count). The van der Waals surface area contributed by atoms with E-state index in [-0.39, 0.29) is 24.7 Å². The van der Waals surface area contributed by atoms with Gasteiger partial charge in [0.05, 0.1) is 19.3 Å². The maximum Gasteiger partial charge on any atom is 0.472 e. The second-order valence-electron chi connectivity index (χ2n) is 10.5. The Bertz CT molecular complexity index is 790. The molecule has 3 atom stereocenters. The number of benzene rings is 1. The summed E-state index contributed by atoms with van der Waals surface area (Å²) in [6, 6.07) is 7.86. The Balaban J connectivity index is 2.43. The fraction of sp³-hybridized carbons (Fsp3) is 0.767. The third-order valence-electron chi connectivity index (χ3n) is 6.71. The zero-order valence-corrected chi connectivity index (χ0v) is 25.1. The van der Waals surface area contributed by atoms with Crippen molar-refractivity contribution in [2.75, 3.05) is 19.8 Å². The van der Waals surface area contributed by atoms with Crippen molar-refractivity contribution in [3.05, 3.63) is 29.8 Å². The molecule has 0 heterocycles. The number of carbonyl (C=O) groups excluding carboxylic acids is 1. The summed E-state index contributed by atoms with van der Waals surface area (Å²) in [6.07, 6.45) is 15.5. The summed E-state index contributed by atoms with van der Waals surface area (Å²) in [7, 11) is -4.23. The predicted molar refractivity (Wildman–Crippen MR) is 156 cm³/mol. The summed E-state index contributed by atoms with van der Waals surface area (Å²) in [4.78, 5) is 22.2. The minimum absolute atomic E-state index is 0.0430. The highest BCUT2D eigenvalue weighted by Crippen LogP contribution is 2.45. The van der Waals surface area contributed by atoms with Gasteiger partial charge in [-0.25, -0.2) is 4.57 Å². The zero-order chi connectivity index (χ0) is 28.1. The molecule has 38 heavy (non-hydrogen) atoms. The number of nitrogens with two attached hydrogens (primary N) is 1. The van der Waals surface area contributed by atoms with E-state index in [2.05, 4.69) is 6.92 Å². The topological polar surface area (TPSA) is 108 Å². The molecule has 0 saturated heterocycles. The second kappa shape index (κ2) is 21.6. The standard InChI is InChI=1S/C30H54NO6P/c1-4-6-7-8-9-10-11-12-13-14-15-21-35-30-18-16-17-27(24-30)22-28(23-29(32)5-2)25-36-38(33,34)37-26(3)19-20-31/h16-18,24,26,28H,4-15,19-23,25,31H2,1-3H3,(H,33,34). The van der Waals surface area contributed by atoms with Crippen molar-refractivity contribution < 1.29 is 28.0 Å². The number of ether oxygens (including phenoxy) is 1. The summed E-state index contributed by atoms with van der Waals surface area (Å²) >= 11 is 0. The SMILES string of the molecule is CCCCCCCCCCCCCOc1cccc(CC(COP(=O)(O)OC(C)CCN)CC(=O)CC)c1. The summed E-state index contributed by atoms with van der Waals surface area (Å²) in [5, 5.41) is 0. The largest absolute Gasteiger partial charge is 0.494 e. The maximum atomic E-state index is 12.3. The number of carbonyl (C=O) groups is 1. The molecule has 3 N–H and O–H groups in total. The lowest BCUT2D eigenvalue weighted by Gasteiger charge is -2.21. The molecule has 0 aliphatic carbocycles. The van der Waals surface area contributed by atoms with Crippen LogP contribution in [0.25, 0.3) is 0 Å². The van der Waals surface area contributed by atoms with Crippen molar-refractivity contribution in [3.63, 3.8) is 0 Å². The number of ketones is 1. The van der Waals surface area contributed by atoms with Gasteiger partial charge in [-0.3, -0.25) is 13.8 Å². The molecule has 0 spiro atoms. The van der Waals surface area contributed by atoms with Gasteiger partial charge in [-0.1, -0.05) is 90.2 Å². The van der Waals surface area contributed by atoms with Crippen molar-refractivity contribution in [3.8, 4) is 5.75 Å². The molecule has 0 fully saturated rings. The summed E-state index contributed by atoms with van der Waals surface area (Å²) in [6.45, 7) is 6.75. The van der Waals surface area contributed by atoms with Gasteiger partial charge in [0, 0.05) is 12.8 Å². The van der Waals surface area contributed by atoms with Crippen LogP contribution < -0.4 is 10.5 Å². The fourth-order valence-electron chi connectivity index (χ4n) is 4.45. The summed E-state index contributed by atoms with van der Waals surface area (Å²) < 4.78 is 28.7. The third kappa shape index (κ3) is 18.1. The van der Waals surface area contributed by atoms with Gasteiger partial charge in [-0.05, 0) is 56.3 Å². The molecular weight excluding hydrogens is 501 g/mol. The van der Waals surface area contributed by atoms with Crippen LogP contribution in [0, 0.1) is 5.92 Å². The Hall–Kier alpha value is -1.24. The molecule has 1 aromatic rings. The van der Waals surface area contributed by atoms with E-state index in [1.54, 1.807) is 6.92 Å². The molecule has 0 radical (unpaired) electrons. The monoisotopic (exact) mass is 555 g/mol. The minimum Gasteiger partial charge on any atom is -0.494 e.